The van der Waals surface area contributed by atoms with E-state index in [-0.39, 0.29) is 34.8 Å². The molecule has 43 heavy (non-hydrogen) atoms. The number of hydrogen-bond donors (Lipinski definition) is 1. The van der Waals surface area contributed by atoms with E-state index in [1.54, 1.807) is 22.8 Å². The molecular formula is C35H38ClFN4O2. The van der Waals surface area contributed by atoms with Crippen LogP contribution >= 0.6 is 11.6 Å². The second-order valence-electron chi connectivity index (χ2n) is 12.7. The topological polar surface area (TPSA) is 57.6 Å². The molecule has 0 spiro atoms. The lowest BCUT2D eigenvalue weighted by Crippen LogP contribution is -2.53. The molecule has 2 fully saturated rings. The third kappa shape index (κ3) is 6.12. The van der Waals surface area contributed by atoms with Crippen LogP contribution in [-0.4, -0.2) is 52.0 Å². The van der Waals surface area contributed by atoms with Gasteiger partial charge in [-0.2, -0.15) is 0 Å². The SMILES string of the molecule is CC(C)(C)N1CCN(Cc2c(C(=O)N[C@H](c3cccc(F)c3)C3CC3)c3cccc(Cl)c3c(=O)n2-c2ccccc2)CC1. The second-order valence-corrected chi connectivity index (χ2v) is 13.1. The summed E-state index contributed by atoms with van der Waals surface area (Å²) in [5.41, 5.74) is 2.29. The van der Waals surface area contributed by atoms with Gasteiger partial charge in [-0.05, 0) is 75.4 Å². The molecule has 6 nitrogen and oxygen atoms in total. The number of para-hydroxylation sites is 1. The molecule has 3 aromatic carbocycles. The first kappa shape index (κ1) is 29.5. The number of pyridine rings is 1. The summed E-state index contributed by atoms with van der Waals surface area (Å²) in [6.07, 6.45) is 1.92. The van der Waals surface area contributed by atoms with Crippen LogP contribution in [0, 0.1) is 11.7 Å². The number of benzene rings is 3. The first-order valence-electron chi connectivity index (χ1n) is 15.1. The number of nitrogens with one attached hydrogen (secondary N) is 1. The zero-order chi connectivity index (χ0) is 30.3. The van der Waals surface area contributed by atoms with Crippen molar-refractivity contribution in [2.75, 3.05) is 26.2 Å². The van der Waals surface area contributed by atoms with Gasteiger partial charge in [0.05, 0.1) is 27.7 Å². The fourth-order valence-electron chi connectivity index (χ4n) is 6.31. The Morgan fingerprint density at radius 3 is 2.33 bits per heavy atom. The number of hydrogen-bond acceptors (Lipinski definition) is 4. The van der Waals surface area contributed by atoms with E-state index in [0.717, 1.165) is 44.6 Å². The highest BCUT2D eigenvalue weighted by atomic mass is 35.5. The number of piperazine rings is 1. The third-order valence-corrected chi connectivity index (χ3v) is 9.10. The van der Waals surface area contributed by atoms with Crippen LogP contribution in [0.15, 0.2) is 77.6 Å². The van der Waals surface area contributed by atoms with Crippen LogP contribution < -0.4 is 10.9 Å². The summed E-state index contributed by atoms with van der Waals surface area (Å²) in [6, 6.07) is 20.8. The summed E-state index contributed by atoms with van der Waals surface area (Å²) in [7, 11) is 0. The lowest BCUT2D eigenvalue weighted by atomic mass is 9.98. The maximum atomic E-state index is 14.5. The van der Waals surface area contributed by atoms with Gasteiger partial charge in [-0.1, -0.05) is 54.1 Å². The molecule has 1 amide bonds. The minimum Gasteiger partial charge on any atom is -0.345 e. The molecule has 1 aliphatic heterocycles. The van der Waals surface area contributed by atoms with Crippen molar-refractivity contribution >= 4 is 28.3 Å². The molecule has 2 heterocycles. The fraction of sp³-hybridized carbons (Fsp3) is 0.371. The Hall–Kier alpha value is -3.52. The highest BCUT2D eigenvalue weighted by Gasteiger charge is 2.36. The van der Waals surface area contributed by atoms with Crippen molar-refractivity contribution in [3.63, 3.8) is 0 Å². The molecule has 1 aliphatic carbocycles. The van der Waals surface area contributed by atoms with Crippen molar-refractivity contribution in [1.29, 1.82) is 0 Å². The number of fused-ring (bicyclic) bond motifs is 1. The number of halogens is 2. The Labute approximate surface area is 257 Å². The molecule has 0 unspecified atom stereocenters. The van der Waals surface area contributed by atoms with Crippen molar-refractivity contribution in [2.45, 2.75) is 51.7 Å². The van der Waals surface area contributed by atoms with Gasteiger partial charge in [0.15, 0.2) is 0 Å². The minimum absolute atomic E-state index is 0.0672. The van der Waals surface area contributed by atoms with E-state index in [1.807, 2.05) is 42.5 Å². The fourth-order valence-corrected chi connectivity index (χ4v) is 6.57. The summed E-state index contributed by atoms with van der Waals surface area (Å²) in [5.74, 6) is -0.390. The molecule has 6 rings (SSSR count). The maximum Gasteiger partial charge on any atom is 0.264 e. The summed E-state index contributed by atoms with van der Waals surface area (Å²) >= 11 is 6.68. The normalized spacial score (nSPS) is 17.2. The first-order valence-corrected chi connectivity index (χ1v) is 15.4. The lowest BCUT2D eigenvalue weighted by molar-refractivity contribution is 0.0581. The van der Waals surface area contributed by atoms with E-state index in [9.17, 15) is 14.0 Å². The van der Waals surface area contributed by atoms with Crippen LogP contribution in [0.5, 0.6) is 0 Å². The number of nitrogens with zero attached hydrogens (tertiary/aromatic N) is 3. The van der Waals surface area contributed by atoms with Gasteiger partial charge in [-0.15, -0.1) is 0 Å². The van der Waals surface area contributed by atoms with Crippen molar-refractivity contribution < 1.29 is 9.18 Å². The molecule has 0 bridgehead atoms. The lowest BCUT2D eigenvalue weighted by Gasteiger charge is -2.42. The quantitative estimate of drug-likeness (QED) is 0.260. The van der Waals surface area contributed by atoms with Crippen molar-refractivity contribution in [3.8, 4) is 5.69 Å². The summed E-state index contributed by atoms with van der Waals surface area (Å²) in [5, 5.41) is 4.40. The predicted octanol–water partition coefficient (Wildman–Crippen LogP) is 6.58. The van der Waals surface area contributed by atoms with Crippen molar-refractivity contribution in [1.82, 2.24) is 19.7 Å². The van der Waals surface area contributed by atoms with Gasteiger partial charge in [0.1, 0.15) is 5.82 Å². The number of aromatic nitrogens is 1. The summed E-state index contributed by atoms with van der Waals surface area (Å²) in [4.78, 5) is 33.5. The van der Waals surface area contributed by atoms with Crippen molar-refractivity contribution in [3.05, 3.63) is 111 Å². The zero-order valence-corrected chi connectivity index (χ0v) is 25.7. The monoisotopic (exact) mass is 600 g/mol. The van der Waals surface area contributed by atoms with Crippen LogP contribution in [0.4, 0.5) is 4.39 Å². The second kappa shape index (κ2) is 11.9. The summed E-state index contributed by atoms with van der Waals surface area (Å²) < 4.78 is 15.9. The minimum atomic E-state index is -0.335. The molecule has 8 heteroatoms. The number of amides is 1. The molecule has 1 atom stereocenters. The molecular weight excluding hydrogens is 563 g/mol. The van der Waals surface area contributed by atoms with Gasteiger partial charge < -0.3 is 5.32 Å². The molecule has 4 aromatic rings. The Morgan fingerprint density at radius 2 is 1.67 bits per heavy atom. The van der Waals surface area contributed by atoms with Crippen molar-refractivity contribution in [2.24, 2.45) is 5.92 Å². The van der Waals surface area contributed by atoms with Gasteiger partial charge in [-0.25, -0.2) is 4.39 Å². The third-order valence-electron chi connectivity index (χ3n) is 8.78. The van der Waals surface area contributed by atoms with Crippen LogP contribution in [0.25, 0.3) is 16.5 Å². The Morgan fingerprint density at radius 1 is 0.977 bits per heavy atom. The van der Waals surface area contributed by atoms with Crippen LogP contribution in [0.2, 0.25) is 5.02 Å². The Kier molecular flexibility index (Phi) is 8.16. The van der Waals surface area contributed by atoms with E-state index >= 15 is 0 Å². The summed E-state index contributed by atoms with van der Waals surface area (Å²) in [6.45, 7) is 10.5. The maximum absolute atomic E-state index is 14.5. The van der Waals surface area contributed by atoms with Crippen LogP contribution in [-0.2, 0) is 6.54 Å². The predicted molar refractivity (Wildman–Crippen MR) is 170 cm³/mol. The average Bonchev–Trinajstić information content (AvgIpc) is 3.82. The number of carbonyl (C=O) groups is 1. The van der Waals surface area contributed by atoms with E-state index < -0.39 is 0 Å². The molecule has 1 aromatic heterocycles. The van der Waals surface area contributed by atoms with Gasteiger partial charge >= 0.3 is 0 Å². The molecule has 1 N–H and O–H groups in total. The van der Waals surface area contributed by atoms with E-state index in [4.69, 9.17) is 11.6 Å². The van der Waals surface area contributed by atoms with Gasteiger partial charge in [0.2, 0.25) is 0 Å². The van der Waals surface area contributed by atoms with E-state index in [0.29, 0.717) is 39.3 Å². The van der Waals surface area contributed by atoms with Gasteiger partial charge in [0, 0.05) is 49.3 Å². The van der Waals surface area contributed by atoms with Gasteiger partial charge in [-0.3, -0.25) is 24.0 Å². The highest BCUT2D eigenvalue weighted by Crippen LogP contribution is 2.41. The largest absolute Gasteiger partial charge is 0.345 e. The Balaban J connectivity index is 1.50. The molecule has 224 valence electrons. The zero-order valence-electron chi connectivity index (χ0n) is 24.9. The first-order chi connectivity index (χ1) is 20.6. The number of carbonyl (C=O) groups excluding carboxylic acids is 1. The average molecular weight is 601 g/mol. The van der Waals surface area contributed by atoms with Gasteiger partial charge in [0.25, 0.3) is 11.5 Å². The van der Waals surface area contributed by atoms with Crippen LogP contribution in [0.3, 0.4) is 0 Å². The Bertz CT molecular complexity index is 1700. The highest BCUT2D eigenvalue weighted by molar-refractivity contribution is 6.36. The van der Waals surface area contributed by atoms with E-state index in [1.165, 1.54) is 12.1 Å². The molecule has 1 saturated heterocycles. The van der Waals surface area contributed by atoms with Crippen LogP contribution in [0.1, 0.15) is 61.3 Å². The number of rotatable bonds is 7. The smallest absolute Gasteiger partial charge is 0.264 e. The molecule has 0 radical (unpaired) electrons. The standard InChI is InChI=1S/C35H38ClFN4O2/c1-35(2,3)40-19-17-39(18-20-40)22-29-31(33(42)38-32(23-15-16-23)24-9-7-10-25(37)21-24)27-13-8-14-28(36)30(27)34(43)41(29)26-11-5-4-6-12-26/h4-14,21,23,32H,15-20,22H2,1-3H3,(H,38,42)/t32-/m0/s1. The van der Waals surface area contributed by atoms with E-state index in [2.05, 4.69) is 35.9 Å². The molecule has 2 aliphatic rings. The molecule has 1 saturated carbocycles.